The first-order valence-electron chi connectivity index (χ1n) is 7.54. The van der Waals surface area contributed by atoms with Crippen molar-refractivity contribution in [2.75, 3.05) is 10.6 Å². The highest BCUT2D eigenvalue weighted by atomic mass is 16.2. The number of carbonyl (C=O) groups excluding carboxylic acids is 1. The summed E-state index contributed by atoms with van der Waals surface area (Å²) in [7, 11) is 0. The Labute approximate surface area is 135 Å². The molecule has 0 aliphatic heterocycles. The Balaban J connectivity index is 1.85. The minimum Gasteiger partial charge on any atom is -0.307 e. The van der Waals surface area contributed by atoms with Crippen molar-refractivity contribution in [2.24, 2.45) is 0 Å². The van der Waals surface area contributed by atoms with Gasteiger partial charge in [-0.1, -0.05) is 35.9 Å². The van der Waals surface area contributed by atoms with Gasteiger partial charge in [-0.3, -0.25) is 4.98 Å². The van der Waals surface area contributed by atoms with Crippen LogP contribution in [0.25, 0.3) is 10.9 Å². The van der Waals surface area contributed by atoms with Crippen molar-refractivity contribution in [1.82, 2.24) is 4.98 Å². The number of nitrogens with zero attached hydrogens (tertiary/aromatic N) is 1. The van der Waals surface area contributed by atoms with Gasteiger partial charge in [0.25, 0.3) is 0 Å². The van der Waals surface area contributed by atoms with Crippen molar-refractivity contribution in [3.8, 4) is 0 Å². The third kappa shape index (κ3) is 3.16. The molecule has 3 aromatic rings. The standard InChI is InChI=1S/C19H19N3O/c1-12-10-13(2)17(14(3)11-12)22-19(23)21-16-8-4-6-15-7-5-9-20-18(15)16/h4-11H,1-3H3,(H2,21,22,23). The van der Waals surface area contributed by atoms with Crippen molar-refractivity contribution in [2.45, 2.75) is 20.8 Å². The van der Waals surface area contributed by atoms with Gasteiger partial charge in [0.2, 0.25) is 0 Å². The van der Waals surface area contributed by atoms with Gasteiger partial charge in [0.1, 0.15) is 0 Å². The highest BCUT2D eigenvalue weighted by Gasteiger charge is 2.10. The fourth-order valence-electron chi connectivity index (χ4n) is 2.85. The molecule has 0 saturated carbocycles. The van der Waals surface area contributed by atoms with Crippen LogP contribution in [-0.4, -0.2) is 11.0 Å². The van der Waals surface area contributed by atoms with E-state index in [2.05, 4.69) is 27.8 Å². The second kappa shape index (κ2) is 6.08. The lowest BCUT2D eigenvalue weighted by atomic mass is 10.1. The minimum atomic E-state index is -0.266. The molecule has 23 heavy (non-hydrogen) atoms. The molecule has 0 aliphatic rings. The van der Waals surface area contributed by atoms with Crippen LogP contribution in [0.2, 0.25) is 0 Å². The molecule has 0 unspecified atom stereocenters. The molecule has 1 aromatic heterocycles. The largest absolute Gasteiger partial charge is 0.323 e. The molecular weight excluding hydrogens is 286 g/mol. The normalized spacial score (nSPS) is 10.6. The van der Waals surface area contributed by atoms with E-state index in [1.54, 1.807) is 6.20 Å². The van der Waals surface area contributed by atoms with Crippen LogP contribution in [0.1, 0.15) is 16.7 Å². The lowest BCUT2D eigenvalue weighted by Crippen LogP contribution is -2.21. The number of pyridine rings is 1. The summed E-state index contributed by atoms with van der Waals surface area (Å²) in [5.74, 6) is 0. The number of rotatable bonds is 2. The molecule has 0 fully saturated rings. The van der Waals surface area contributed by atoms with Crippen LogP contribution in [0.3, 0.4) is 0 Å². The number of hydrogen-bond donors (Lipinski definition) is 2. The van der Waals surface area contributed by atoms with E-state index < -0.39 is 0 Å². The third-order valence-electron chi connectivity index (χ3n) is 3.80. The summed E-state index contributed by atoms with van der Waals surface area (Å²) in [6.45, 7) is 6.04. The first-order chi connectivity index (χ1) is 11.0. The molecule has 3 rings (SSSR count). The van der Waals surface area contributed by atoms with E-state index in [9.17, 15) is 4.79 Å². The van der Waals surface area contributed by atoms with Gasteiger partial charge in [-0.25, -0.2) is 4.79 Å². The Hall–Kier alpha value is -2.88. The van der Waals surface area contributed by atoms with Crippen molar-refractivity contribution in [3.05, 3.63) is 65.4 Å². The molecular formula is C19H19N3O. The van der Waals surface area contributed by atoms with Crippen LogP contribution < -0.4 is 10.6 Å². The van der Waals surface area contributed by atoms with E-state index in [0.717, 1.165) is 27.7 Å². The molecule has 2 aromatic carbocycles. The lowest BCUT2D eigenvalue weighted by Gasteiger charge is -2.14. The van der Waals surface area contributed by atoms with Crippen LogP contribution in [0, 0.1) is 20.8 Å². The molecule has 0 bridgehead atoms. The monoisotopic (exact) mass is 305 g/mol. The lowest BCUT2D eigenvalue weighted by molar-refractivity contribution is 0.262. The number of para-hydroxylation sites is 1. The summed E-state index contributed by atoms with van der Waals surface area (Å²) in [4.78, 5) is 16.7. The molecule has 2 amide bonds. The van der Waals surface area contributed by atoms with E-state index in [-0.39, 0.29) is 6.03 Å². The highest BCUT2D eigenvalue weighted by Crippen LogP contribution is 2.24. The number of fused-ring (bicyclic) bond motifs is 1. The molecule has 116 valence electrons. The molecule has 1 heterocycles. The van der Waals surface area contributed by atoms with Crippen LogP contribution in [0.15, 0.2) is 48.7 Å². The number of anilines is 2. The fraction of sp³-hybridized carbons (Fsp3) is 0.158. The number of urea groups is 1. The number of benzene rings is 2. The quantitative estimate of drug-likeness (QED) is 0.714. The molecule has 4 heteroatoms. The van der Waals surface area contributed by atoms with Crippen LogP contribution >= 0.6 is 0 Å². The van der Waals surface area contributed by atoms with Crippen LogP contribution in [0.5, 0.6) is 0 Å². The van der Waals surface area contributed by atoms with Crippen molar-refractivity contribution < 1.29 is 4.79 Å². The van der Waals surface area contributed by atoms with Gasteiger partial charge in [0, 0.05) is 17.3 Å². The van der Waals surface area contributed by atoms with Gasteiger partial charge in [-0.05, 0) is 44.0 Å². The maximum absolute atomic E-state index is 12.4. The van der Waals surface area contributed by atoms with Crippen molar-refractivity contribution >= 4 is 28.3 Å². The van der Waals surface area contributed by atoms with E-state index in [1.165, 1.54) is 5.56 Å². The first kappa shape index (κ1) is 15.0. The van der Waals surface area contributed by atoms with Crippen LogP contribution in [-0.2, 0) is 0 Å². The molecule has 4 nitrogen and oxygen atoms in total. The summed E-state index contributed by atoms with van der Waals surface area (Å²) < 4.78 is 0. The van der Waals surface area contributed by atoms with E-state index in [4.69, 9.17) is 0 Å². The SMILES string of the molecule is Cc1cc(C)c(NC(=O)Nc2cccc3cccnc23)c(C)c1. The third-order valence-corrected chi connectivity index (χ3v) is 3.80. The molecule has 2 N–H and O–H groups in total. The Morgan fingerprint density at radius 3 is 2.39 bits per heavy atom. The smallest absolute Gasteiger partial charge is 0.307 e. The molecule has 0 atom stereocenters. The maximum atomic E-state index is 12.4. The number of aryl methyl sites for hydroxylation is 3. The van der Waals surface area contributed by atoms with Gasteiger partial charge in [-0.15, -0.1) is 0 Å². The summed E-state index contributed by atoms with van der Waals surface area (Å²) >= 11 is 0. The fourth-order valence-corrected chi connectivity index (χ4v) is 2.85. The van der Waals surface area contributed by atoms with Gasteiger partial charge in [-0.2, -0.15) is 0 Å². The summed E-state index contributed by atoms with van der Waals surface area (Å²) in [6, 6.07) is 13.4. The zero-order chi connectivity index (χ0) is 16.4. The van der Waals surface area contributed by atoms with Gasteiger partial charge >= 0.3 is 6.03 Å². The summed E-state index contributed by atoms with van der Waals surface area (Å²) in [5, 5.41) is 6.82. The predicted octanol–water partition coefficient (Wildman–Crippen LogP) is 4.80. The van der Waals surface area contributed by atoms with Gasteiger partial charge < -0.3 is 10.6 Å². The number of aromatic nitrogens is 1. The molecule has 0 radical (unpaired) electrons. The summed E-state index contributed by atoms with van der Waals surface area (Å²) in [6.07, 6.45) is 1.72. The minimum absolute atomic E-state index is 0.266. The Morgan fingerprint density at radius 1 is 0.957 bits per heavy atom. The number of nitrogens with one attached hydrogen (secondary N) is 2. The highest BCUT2D eigenvalue weighted by molar-refractivity contribution is 6.05. The predicted molar refractivity (Wildman–Crippen MR) is 95.0 cm³/mol. The zero-order valence-corrected chi connectivity index (χ0v) is 13.5. The Morgan fingerprint density at radius 2 is 1.65 bits per heavy atom. The Kier molecular flexibility index (Phi) is 3.98. The van der Waals surface area contributed by atoms with Crippen molar-refractivity contribution in [3.63, 3.8) is 0 Å². The number of hydrogen-bond acceptors (Lipinski definition) is 2. The second-order valence-electron chi connectivity index (χ2n) is 5.73. The van der Waals surface area contributed by atoms with Gasteiger partial charge in [0.05, 0.1) is 11.2 Å². The number of amides is 2. The molecule has 0 saturated heterocycles. The molecule has 0 aliphatic carbocycles. The van der Waals surface area contributed by atoms with Crippen LogP contribution in [0.4, 0.5) is 16.2 Å². The average molecular weight is 305 g/mol. The summed E-state index contributed by atoms with van der Waals surface area (Å²) in [5.41, 5.74) is 5.61. The average Bonchev–Trinajstić information content (AvgIpc) is 2.51. The van der Waals surface area contributed by atoms with E-state index in [0.29, 0.717) is 5.69 Å². The Bertz CT molecular complexity index is 858. The second-order valence-corrected chi connectivity index (χ2v) is 5.73. The maximum Gasteiger partial charge on any atom is 0.323 e. The van der Waals surface area contributed by atoms with Gasteiger partial charge in [0.15, 0.2) is 0 Å². The molecule has 0 spiro atoms. The van der Waals surface area contributed by atoms with Crippen molar-refractivity contribution in [1.29, 1.82) is 0 Å². The first-order valence-corrected chi connectivity index (χ1v) is 7.54. The zero-order valence-electron chi connectivity index (χ0n) is 13.5. The van der Waals surface area contributed by atoms with E-state index in [1.807, 2.05) is 51.1 Å². The number of carbonyl (C=O) groups is 1. The topological polar surface area (TPSA) is 54.0 Å². The van der Waals surface area contributed by atoms with E-state index >= 15 is 0 Å².